The van der Waals surface area contributed by atoms with Crippen LogP contribution in [-0.4, -0.2) is 12.5 Å². The Labute approximate surface area is 103 Å². The zero-order valence-electron chi connectivity index (χ0n) is 10.7. The predicted molar refractivity (Wildman–Crippen MR) is 70.4 cm³/mol. The van der Waals surface area contributed by atoms with Crippen molar-refractivity contribution in [1.82, 2.24) is 0 Å². The number of rotatable bonds is 7. The van der Waals surface area contributed by atoms with Gasteiger partial charge >= 0.3 is 5.97 Å². The molecule has 0 spiro atoms. The van der Waals surface area contributed by atoms with E-state index < -0.39 is 0 Å². The molecule has 0 unspecified atom stereocenters. The summed E-state index contributed by atoms with van der Waals surface area (Å²) in [6.07, 6.45) is 3.48. The normalized spacial score (nSPS) is 10.0. The highest BCUT2D eigenvalue weighted by Gasteiger charge is 2.03. The Kier molecular flexibility index (Phi) is 6.15. The Morgan fingerprint density at radius 2 is 1.88 bits per heavy atom. The van der Waals surface area contributed by atoms with Gasteiger partial charge in [-0.3, -0.25) is 4.79 Å². The molecule has 0 heterocycles. The molecule has 17 heavy (non-hydrogen) atoms. The molecule has 0 aliphatic carbocycles. The number of nitrogens with one attached hydrogen (secondary N) is 1. The van der Waals surface area contributed by atoms with Gasteiger partial charge in [0.2, 0.25) is 0 Å². The Balaban J connectivity index is 2.42. The highest BCUT2D eigenvalue weighted by Crippen LogP contribution is 2.16. The summed E-state index contributed by atoms with van der Waals surface area (Å²) in [7, 11) is 0. The van der Waals surface area contributed by atoms with Crippen molar-refractivity contribution in [3.05, 3.63) is 24.3 Å². The highest BCUT2D eigenvalue weighted by molar-refractivity contribution is 5.72. The van der Waals surface area contributed by atoms with Crippen molar-refractivity contribution in [3.63, 3.8) is 0 Å². The molecule has 0 aliphatic rings. The standard InChI is InChI=1S/C14H21NO2/c1-3-5-6-14(16)17-13-9-7-12(8-10-13)15-11-4-2/h7-10,15H,3-6,11H2,1-2H3. The third-order valence-corrected chi connectivity index (χ3v) is 2.40. The van der Waals surface area contributed by atoms with E-state index >= 15 is 0 Å². The lowest BCUT2D eigenvalue weighted by Crippen LogP contribution is -2.07. The van der Waals surface area contributed by atoms with Crippen molar-refractivity contribution in [1.29, 1.82) is 0 Å². The molecule has 1 aromatic carbocycles. The van der Waals surface area contributed by atoms with E-state index in [0.29, 0.717) is 12.2 Å². The van der Waals surface area contributed by atoms with Crippen molar-refractivity contribution in [2.45, 2.75) is 39.5 Å². The average Bonchev–Trinajstić information content (AvgIpc) is 2.35. The SMILES string of the molecule is CCCCC(=O)Oc1ccc(NCCC)cc1. The lowest BCUT2D eigenvalue weighted by Gasteiger charge is -2.06. The number of ether oxygens (including phenoxy) is 1. The fraction of sp³-hybridized carbons (Fsp3) is 0.500. The molecule has 0 bridgehead atoms. The van der Waals surface area contributed by atoms with E-state index in [1.54, 1.807) is 0 Å². The van der Waals surface area contributed by atoms with Crippen LogP contribution in [0.2, 0.25) is 0 Å². The van der Waals surface area contributed by atoms with Gasteiger partial charge in [0.1, 0.15) is 5.75 Å². The molecule has 0 amide bonds. The van der Waals surface area contributed by atoms with Crippen LogP contribution in [0.5, 0.6) is 5.75 Å². The Bertz CT molecular complexity index is 333. The van der Waals surface area contributed by atoms with Gasteiger partial charge in [0.15, 0.2) is 0 Å². The molecule has 1 aromatic rings. The second kappa shape index (κ2) is 7.71. The van der Waals surface area contributed by atoms with Gasteiger partial charge in [-0.15, -0.1) is 0 Å². The summed E-state index contributed by atoms with van der Waals surface area (Å²) < 4.78 is 5.21. The maximum Gasteiger partial charge on any atom is 0.311 e. The number of anilines is 1. The van der Waals surface area contributed by atoms with Crippen LogP contribution in [0, 0.1) is 0 Å². The molecular weight excluding hydrogens is 214 g/mol. The first-order valence-electron chi connectivity index (χ1n) is 6.31. The largest absolute Gasteiger partial charge is 0.427 e. The average molecular weight is 235 g/mol. The minimum atomic E-state index is -0.152. The first-order valence-corrected chi connectivity index (χ1v) is 6.31. The molecule has 0 aliphatic heterocycles. The van der Waals surface area contributed by atoms with E-state index in [1.807, 2.05) is 24.3 Å². The van der Waals surface area contributed by atoms with Gasteiger partial charge in [-0.2, -0.15) is 0 Å². The van der Waals surface area contributed by atoms with Crippen LogP contribution in [0.15, 0.2) is 24.3 Å². The number of esters is 1. The topological polar surface area (TPSA) is 38.3 Å². The van der Waals surface area contributed by atoms with Crippen LogP contribution in [0.4, 0.5) is 5.69 Å². The van der Waals surface area contributed by atoms with E-state index in [4.69, 9.17) is 4.74 Å². The molecule has 0 saturated heterocycles. The van der Waals surface area contributed by atoms with Crippen LogP contribution < -0.4 is 10.1 Å². The van der Waals surface area contributed by atoms with Crippen LogP contribution in [0.3, 0.4) is 0 Å². The molecule has 3 heteroatoms. The summed E-state index contributed by atoms with van der Waals surface area (Å²) in [4.78, 5) is 11.4. The predicted octanol–water partition coefficient (Wildman–Crippen LogP) is 3.60. The van der Waals surface area contributed by atoms with Gasteiger partial charge in [-0.1, -0.05) is 20.3 Å². The molecule has 3 nitrogen and oxygen atoms in total. The first-order chi connectivity index (χ1) is 8.26. The Morgan fingerprint density at radius 3 is 2.47 bits per heavy atom. The van der Waals surface area contributed by atoms with E-state index in [0.717, 1.165) is 31.5 Å². The summed E-state index contributed by atoms with van der Waals surface area (Å²) in [5, 5.41) is 3.27. The van der Waals surface area contributed by atoms with Crippen molar-refractivity contribution >= 4 is 11.7 Å². The van der Waals surface area contributed by atoms with Gasteiger partial charge < -0.3 is 10.1 Å². The third-order valence-electron chi connectivity index (χ3n) is 2.40. The molecule has 0 fully saturated rings. The molecule has 0 aromatic heterocycles. The number of carbonyl (C=O) groups is 1. The Hall–Kier alpha value is -1.51. The van der Waals surface area contributed by atoms with Crippen LogP contribution in [0.1, 0.15) is 39.5 Å². The zero-order valence-corrected chi connectivity index (χ0v) is 10.7. The van der Waals surface area contributed by atoms with E-state index in [1.165, 1.54) is 0 Å². The van der Waals surface area contributed by atoms with Crippen molar-refractivity contribution < 1.29 is 9.53 Å². The van der Waals surface area contributed by atoms with Gasteiger partial charge in [0.05, 0.1) is 0 Å². The zero-order chi connectivity index (χ0) is 12.5. The molecule has 0 saturated carbocycles. The molecule has 94 valence electrons. The highest BCUT2D eigenvalue weighted by atomic mass is 16.5. The molecule has 0 atom stereocenters. The summed E-state index contributed by atoms with van der Waals surface area (Å²) in [6, 6.07) is 7.50. The van der Waals surface area contributed by atoms with Gasteiger partial charge in [-0.05, 0) is 37.1 Å². The van der Waals surface area contributed by atoms with Gasteiger partial charge in [-0.25, -0.2) is 0 Å². The smallest absolute Gasteiger partial charge is 0.311 e. The van der Waals surface area contributed by atoms with Crippen molar-refractivity contribution in [2.24, 2.45) is 0 Å². The quantitative estimate of drug-likeness (QED) is 0.579. The summed E-state index contributed by atoms with van der Waals surface area (Å²) >= 11 is 0. The maximum absolute atomic E-state index is 11.4. The molecule has 1 N–H and O–H groups in total. The molecule has 1 rings (SSSR count). The fourth-order valence-electron chi connectivity index (χ4n) is 1.41. The van der Waals surface area contributed by atoms with E-state index in [2.05, 4.69) is 19.2 Å². The lowest BCUT2D eigenvalue weighted by molar-refractivity contribution is -0.134. The second-order valence-corrected chi connectivity index (χ2v) is 4.03. The van der Waals surface area contributed by atoms with Crippen LogP contribution >= 0.6 is 0 Å². The number of hydrogen-bond donors (Lipinski definition) is 1. The molecule has 0 radical (unpaired) electrons. The Morgan fingerprint density at radius 1 is 1.18 bits per heavy atom. The number of hydrogen-bond acceptors (Lipinski definition) is 3. The van der Waals surface area contributed by atoms with Crippen LogP contribution in [-0.2, 0) is 4.79 Å². The third kappa shape index (κ3) is 5.38. The first kappa shape index (κ1) is 13.6. The number of carbonyl (C=O) groups excluding carboxylic acids is 1. The lowest BCUT2D eigenvalue weighted by atomic mass is 10.2. The second-order valence-electron chi connectivity index (χ2n) is 4.03. The van der Waals surface area contributed by atoms with Gasteiger partial charge in [0, 0.05) is 18.7 Å². The number of benzene rings is 1. The summed E-state index contributed by atoms with van der Waals surface area (Å²) in [6.45, 7) is 5.13. The van der Waals surface area contributed by atoms with Crippen molar-refractivity contribution in [2.75, 3.05) is 11.9 Å². The molecular formula is C14H21NO2. The van der Waals surface area contributed by atoms with Crippen LogP contribution in [0.25, 0.3) is 0 Å². The maximum atomic E-state index is 11.4. The van der Waals surface area contributed by atoms with E-state index in [9.17, 15) is 4.79 Å². The number of unbranched alkanes of at least 4 members (excludes halogenated alkanes) is 1. The minimum absolute atomic E-state index is 0.152. The monoisotopic (exact) mass is 235 g/mol. The minimum Gasteiger partial charge on any atom is -0.427 e. The fourth-order valence-corrected chi connectivity index (χ4v) is 1.41. The summed E-state index contributed by atoms with van der Waals surface area (Å²) in [5.41, 5.74) is 1.06. The van der Waals surface area contributed by atoms with Gasteiger partial charge in [0.25, 0.3) is 0 Å². The van der Waals surface area contributed by atoms with E-state index in [-0.39, 0.29) is 5.97 Å². The van der Waals surface area contributed by atoms with Crippen molar-refractivity contribution in [3.8, 4) is 5.75 Å². The summed E-state index contributed by atoms with van der Waals surface area (Å²) in [5.74, 6) is 0.467.